The molecular formula is C4H8N2O4. The minimum absolute atomic E-state index is 0.136. The van der Waals surface area contributed by atoms with Crippen molar-refractivity contribution in [2.45, 2.75) is 6.92 Å². The van der Waals surface area contributed by atoms with Crippen molar-refractivity contribution in [2.75, 3.05) is 13.7 Å². The van der Waals surface area contributed by atoms with Crippen molar-refractivity contribution in [2.24, 2.45) is 0 Å². The van der Waals surface area contributed by atoms with Gasteiger partial charge in [0, 0.05) is 0 Å². The molecule has 0 radical (unpaired) electrons. The van der Waals surface area contributed by atoms with Gasteiger partial charge in [0.15, 0.2) is 5.03 Å². The summed E-state index contributed by atoms with van der Waals surface area (Å²) in [6, 6.07) is 0. The highest BCUT2D eigenvalue weighted by Gasteiger charge is 2.18. The molecule has 0 fully saturated rings. The molecule has 6 nitrogen and oxygen atoms in total. The van der Waals surface area contributed by atoms with Crippen molar-refractivity contribution in [3.63, 3.8) is 0 Å². The molecule has 0 aromatic heterocycles. The third-order valence-corrected chi connectivity index (χ3v) is 0.777. The molecule has 0 N–H and O–H groups in total. The Labute approximate surface area is 57.5 Å². The SMILES string of the molecule is CCOC(=O)N(C)[N+](=O)[O-]. The molecule has 58 valence electrons. The van der Waals surface area contributed by atoms with E-state index in [4.69, 9.17) is 0 Å². The standard InChI is InChI=1S/C4H8N2O4/c1-3-10-4(7)5(2)6(8)9/h3H2,1-2H3. The highest BCUT2D eigenvalue weighted by molar-refractivity contribution is 5.65. The number of amides is 1. The second-order valence-corrected chi connectivity index (χ2v) is 1.46. The lowest BCUT2D eigenvalue weighted by Crippen LogP contribution is -2.32. The molecular weight excluding hydrogens is 140 g/mol. The minimum atomic E-state index is -0.951. The van der Waals surface area contributed by atoms with E-state index in [1.807, 2.05) is 0 Å². The molecule has 0 unspecified atom stereocenters. The fraction of sp³-hybridized carbons (Fsp3) is 0.750. The maximum atomic E-state index is 10.4. The topological polar surface area (TPSA) is 72.7 Å². The van der Waals surface area contributed by atoms with Crippen LogP contribution in [0.5, 0.6) is 0 Å². The van der Waals surface area contributed by atoms with Crippen molar-refractivity contribution in [3.05, 3.63) is 10.1 Å². The number of carbonyl (C=O) groups excluding carboxylic acids is 1. The molecule has 0 rings (SSSR count). The predicted molar refractivity (Wildman–Crippen MR) is 31.8 cm³/mol. The van der Waals surface area contributed by atoms with E-state index in [1.54, 1.807) is 6.92 Å². The van der Waals surface area contributed by atoms with Gasteiger partial charge in [0.2, 0.25) is 0 Å². The summed E-state index contributed by atoms with van der Waals surface area (Å²) in [7, 11) is 1.03. The third kappa shape index (κ3) is 2.29. The summed E-state index contributed by atoms with van der Waals surface area (Å²) in [5.41, 5.74) is 0. The van der Waals surface area contributed by atoms with E-state index in [1.165, 1.54) is 0 Å². The number of hydrazine groups is 1. The summed E-state index contributed by atoms with van der Waals surface area (Å²) in [6.45, 7) is 1.71. The van der Waals surface area contributed by atoms with Crippen LogP contribution in [0, 0.1) is 10.1 Å². The molecule has 0 aliphatic heterocycles. The molecule has 0 atom stereocenters. The van der Waals surface area contributed by atoms with Crippen LogP contribution in [-0.2, 0) is 4.74 Å². The molecule has 0 bridgehead atoms. The zero-order valence-electron chi connectivity index (χ0n) is 5.73. The van der Waals surface area contributed by atoms with E-state index in [0.717, 1.165) is 7.05 Å². The number of ether oxygens (including phenoxy) is 1. The van der Waals surface area contributed by atoms with Gasteiger partial charge in [-0.15, -0.1) is 0 Å². The van der Waals surface area contributed by atoms with Crippen LogP contribution in [0.1, 0.15) is 6.92 Å². The van der Waals surface area contributed by atoms with E-state index in [2.05, 4.69) is 4.74 Å². The van der Waals surface area contributed by atoms with Gasteiger partial charge in [0.05, 0.1) is 13.7 Å². The molecule has 0 saturated carbocycles. The lowest BCUT2D eigenvalue weighted by atomic mass is 10.9. The average Bonchev–Trinajstić information content (AvgIpc) is 1.87. The summed E-state index contributed by atoms with van der Waals surface area (Å²) < 4.78 is 4.31. The van der Waals surface area contributed by atoms with Crippen LogP contribution >= 0.6 is 0 Å². The van der Waals surface area contributed by atoms with Crippen LogP contribution < -0.4 is 0 Å². The van der Waals surface area contributed by atoms with Crippen LogP contribution in [0.4, 0.5) is 4.79 Å². The normalized spacial score (nSPS) is 8.60. The van der Waals surface area contributed by atoms with Crippen molar-refractivity contribution >= 4 is 6.09 Å². The van der Waals surface area contributed by atoms with Gasteiger partial charge in [-0.2, -0.15) is 0 Å². The smallest absolute Gasteiger partial charge is 0.446 e. The minimum Gasteiger partial charge on any atom is -0.446 e. The predicted octanol–water partition coefficient (Wildman–Crippen LogP) is 0.266. The Balaban J connectivity index is 3.82. The highest BCUT2D eigenvalue weighted by atomic mass is 16.7. The summed E-state index contributed by atoms with van der Waals surface area (Å²) >= 11 is 0. The molecule has 0 saturated heterocycles. The first-order valence-corrected chi connectivity index (χ1v) is 2.64. The number of hydrogen-bond acceptors (Lipinski definition) is 4. The lowest BCUT2D eigenvalue weighted by Gasteiger charge is -2.04. The Morgan fingerprint density at radius 2 is 2.30 bits per heavy atom. The van der Waals surface area contributed by atoms with Crippen molar-refractivity contribution in [1.29, 1.82) is 0 Å². The van der Waals surface area contributed by atoms with Crippen LogP contribution in [-0.4, -0.2) is 29.8 Å². The van der Waals surface area contributed by atoms with Gasteiger partial charge in [0.1, 0.15) is 0 Å². The molecule has 0 heterocycles. The number of hydrogen-bond donors (Lipinski definition) is 0. The first-order chi connectivity index (χ1) is 4.59. The molecule has 6 heteroatoms. The zero-order valence-corrected chi connectivity index (χ0v) is 5.73. The lowest BCUT2D eigenvalue weighted by molar-refractivity contribution is -0.628. The van der Waals surface area contributed by atoms with E-state index >= 15 is 0 Å². The maximum absolute atomic E-state index is 10.4. The van der Waals surface area contributed by atoms with Gasteiger partial charge in [-0.3, -0.25) is 0 Å². The zero-order chi connectivity index (χ0) is 8.15. The summed E-state index contributed by atoms with van der Waals surface area (Å²) in [6.07, 6.45) is -0.951. The highest BCUT2D eigenvalue weighted by Crippen LogP contribution is 1.88. The van der Waals surface area contributed by atoms with Crippen LogP contribution in [0.2, 0.25) is 0 Å². The molecule has 0 aliphatic carbocycles. The van der Waals surface area contributed by atoms with Crippen LogP contribution in [0.15, 0.2) is 0 Å². The Morgan fingerprint density at radius 3 is 2.60 bits per heavy atom. The largest absolute Gasteiger partial charge is 0.467 e. The summed E-state index contributed by atoms with van der Waals surface area (Å²) in [5.74, 6) is 0. The number of nitro groups is 1. The Bertz CT molecular complexity index is 146. The first-order valence-electron chi connectivity index (χ1n) is 2.64. The molecule has 0 spiro atoms. The van der Waals surface area contributed by atoms with E-state index in [-0.39, 0.29) is 11.6 Å². The van der Waals surface area contributed by atoms with E-state index < -0.39 is 11.1 Å². The third-order valence-electron chi connectivity index (χ3n) is 0.777. The first kappa shape index (κ1) is 8.67. The summed E-state index contributed by atoms with van der Waals surface area (Å²) in [4.78, 5) is 20.3. The van der Waals surface area contributed by atoms with Gasteiger partial charge in [-0.05, 0) is 11.9 Å². The molecule has 0 aliphatic rings. The Hall–Kier alpha value is -1.33. The second-order valence-electron chi connectivity index (χ2n) is 1.46. The van der Waals surface area contributed by atoms with Gasteiger partial charge >= 0.3 is 6.09 Å². The fourth-order valence-electron chi connectivity index (χ4n) is 0.284. The van der Waals surface area contributed by atoms with Gasteiger partial charge in [-0.1, -0.05) is 0 Å². The Morgan fingerprint density at radius 1 is 1.80 bits per heavy atom. The summed E-state index contributed by atoms with van der Waals surface area (Å²) in [5, 5.41) is 9.28. The number of carbonyl (C=O) groups is 1. The second kappa shape index (κ2) is 3.65. The Kier molecular flexibility index (Phi) is 3.16. The van der Waals surface area contributed by atoms with Gasteiger partial charge < -0.3 is 4.74 Å². The molecule has 0 aromatic rings. The molecule has 0 aromatic carbocycles. The van der Waals surface area contributed by atoms with E-state index in [0.29, 0.717) is 0 Å². The van der Waals surface area contributed by atoms with Gasteiger partial charge in [0.25, 0.3) is 0 Å². The average molecular weight is 148 g/mol. The number of rotatable bonds is 2. The van der Waals surface area contributed by atoms with Crippen molar-refractivity contribution < 1.29 is 14.6 Å². The van der Waals surface area contributed by atoms with Crippen molar-refractivity contribution in [1.82, 2.24) is 5.01 Å². The maximum Gasteiger partial charge on any atom is 0.467 e. The fourth-order valence-corrected chi connectivity index (χ4v) is 0.284. The van der Waals surface area contributed by atoms with Gasteiger partial charge in [-0.25, -0.2) is 14.9 Å². The number of nitrogens with zero attached hydrogens (tertiary/aromatic N) is 2. The van der Waals surface area contributed by atoms with Crippen LogP contribution in [0.3, 0.4) is 0 Å². The monoisotopic (exact) mass is 148 g/mol. The quantitative estimate of drug-likeness (QED) is 0.416. The van der Waals surface area contributed by atoms with Crippen molar-refractivity contribution in [3.8, 4) is 0 Å². The molecule has 10 heavy (non-hydrogen) atoms. The molecule has 1 amide bonds. The van der Waals surface area contributed by atoms with Crippen LogP contribution in [0.25, 0.3) is 0 Å². The van der Waals surface area contributed by atoms with E-state index in [9.17, 15) is 14.9 Å².